The monoisotopic (exact) mass is 442 g/mol. The van der Waals surface area contributed by atoms with E-state index in [1.54, 1.807) is 7.11 Å². The molecule has 1 unspecified atom stereocenters. The average Bonchev–Trinajstić information content (AvgIpc) is 2.69. The van der Waals surface area contributed by atoms with Crippen molar-refractivity contribution in [3.8, 4) is 5.75 Å². The summed E-state index contributed by atoms with van der Waals surface area (Å²) in [7, 11) is 1.73. The minimum absolute atomic E-state index is 0. The van der Waals surface area contributed by atoms with Gasteiger partial charge in [0.05, 0.1) is 26.0 Å². The number of halogens is 2. The van der Waals surface area contributed by atoms with Gasteiger partial charge >= 0.3 is 0 Å². The number of anilines is 1. The zero-order valence-corrected chi connectivity index (χ0v) is 18.5. The van der Waals surface area contributed by atoms with Gasteiger partial charge in [0.1, 0.15) is 5.75 Å². The summed E-state index contributed by atoms with van der Waals surface area (Å²) in [5.74, 6) is 0.947. The van der Waals surface area contributed by atoms with Crippen LogP contribution in [0.2, 0.25) is 0 Å². The summed E-state index contributed by atoms with van der Waals surface area (Å²) in [4.78, 5) is 4.87. The third-order valence-corrected chi connectivity index (χ3v) is 5.00. The van der Waals surface area contributed by atoms with Crippen molar-refractivity contribution >= 4 is 18.3 Å². The predicted octanol–water partition coefficient (Wildman–Crippen LogP) is -2.66. The molecule has 1 aliphatic rings. The van der Waals surface area contributed by atoms with Crippen molar-refractivity contribution < 1.29 is 34.3 Å². The topological polar surface area (TPSA) is 24.9 Å². The van der Waals surface area contributed by atoms with E-state index in [1.165, 1.54) is 11.3 Å². The molecular weight excluding hydrogens is 415 g/mol. The Hall–Kier alpha value is -1.11. The molecule has 1 heterocycles. The zero-order valence-electron chi connectivity index (χ0n) is 16.1. The number of methoxy groups -OCH3 is 1. The van der Waals surface area contributed by atoms with E-state index in [9.17, 15) is 0 Å². The lowest BCUT2D eigenvalue weighted by Gasteiger charge is -2.37. The van der Waals surface area contributed by atoms with Crippen LogP contribution >= 0.6 is 12.6 Å². The molecule has 1 saturated heterocycles. The number of thiol groups is 1. The Bertz CT molecular complexity index is 670. The molecule has 1 atom stereocenters. The van der Waals surface area contributed by atoms with Crippen LogP contribution in [0.4, 0.5) is 5.69 Å². The minimum Gasteiger partial charge on any atom is -1.00 e. The Labute approximate surface area is 186 Å². The van der Waals surface area contributed by atoms with Crippen LogP contribution in [-0.2, 0) is 11.3 Å². The Balaban J connectivity index is 0.00000196. The van der Waals surface area contributed by atoms with Gasteiger partial charge in [-0.15, -0.1) is 0 Å². The number of rotatable bonds is 8. The molecule has 0 bridgehead atoms. The highest BCUT2D eigenvalue weighted by molar-refractivity contribution is 7.81. The Morgan fingerprint density at radius 1 is 0.929 bits per heavy atom. The minimum atomic E-state index is 0. The lowest BCUT2D eigenvalue weighted by molar-refractivity contribution is -0.00100. The highest BCUT2D eigenvalue weighted by Crippen LogP contribution is 2.28. The molecule has 1 fully saturated rings. The molecule has 0 amide bonds. The maximum atomic E-state index is 5.81. The van der Waals surface area contributed by atoms with Crippen molar-refractivity contribution in [1.29, 1.82) is 0 Å². The fourth-order valence-electron chi connectivity index (χ4n) is 3.30. The van der Waals surface area contributed by atoms with Crippen LogP contribution in [0.1, 0.15) is 5.56 Å². The molecule has 0 spiro atoms. The molecule has 0 N–H and O–H groups in total. The quantitative estimate of drug-likeness (QED) is 0.451. The molecule has 3 rings (SSSR count). The standard InChI is InChI=1S/C21H28N2O2S.2ClH/c1-24-21-10-6-5-9-20(21)23-13-11-22(12-14-23)15-19(26)17-25-16-18-7-3-2-4-8-18;;/h2-10,19,26H,11-17H2,1H3;2*1H/p-2. The fourth-order valence-corrected chi connectivity index (χ4v) is 3.64. The zero-order chi connectivity index (χ0) is 18.2. The van der Waals surface area contributed by atoms with E-state index in [0.29, 0.717) is 13.2 Å². The van der Waals surface area contributed by atoms with Gasteiger partial charge in [0.25, 0.3) is 0 Å². The Kier molecular flexibility index (Phi) is 11.7. The van der Waals surface area contributed by atoms with Gasteiger partial charge in [-0.05, 0) is 17.7 Å². The second-order valence-corrected chi connectivity index (χ2v) is 7.34. The molecule has 0 aromatic heterocycles. The summed E-state index contributed by atoms with van der Waals surface area (Å²) in [5.41, 5.74) is 2.39. The first-order valence-electron chi connectivity index (χ1n) is 9.16. The second-order valence-electron chi connectivity index (χ2n) is 6.61. The van der Waals surface area contributed by atoms with Crippen LogP contribution in [0.15, 0.2) is 54.6 Å². The van der Waals surface area contributed by atoms with E-state index in [2.05, 4.69) is 34.1 Å². The van der Waals surface area contributed by atoms with E-state index in [0.717, 1.165) is 38.5 Å². The summed E-state index contributed by atoms with van der Waals surface area (Å²) in [5, 5.41) is 0.233. The van der Waals surface area contributed by atoms with Crippen molar-refractivity contribution in [3.05, 3.63) is 60.2 Å². The third-order valence-electron chi connectivity index (χ3n) is 4.69. The second kappa shape index (κ2) is 13.2. The smallest absolute Gasteiger partial charge is 0.142 e. The van der Waals surface area contributed by atoms with Gasteiger partial charge in [-0.2, -0.15) is 12.6 Å². The molecule has 7 heteroatoms. The maximum absolute atomic E-state index is 5.81. The van der Waals surface area contributed by atoms with Crippen molar-refractivity contribution in [2.75, 3.05) is 51.3 Å². The molecule has 2 aromatic rings. The van der Waals surface area contributed by atoms with E-state index in [1.807, 2.05) is 30.3 Å². The number of nitrogens with zero attached hydrogens (tertiary/aromatic N) is 2. The molecule has 156 valence electrons. The Morgan fingerprint density at radius 2 is 1.57 bits per heavy atom. The molecule has 0 aliphatic carbocycles. The third kappa shape index (κ3) is 7.37. The normalized spacial score (nSPS) is 15.3. The molecule has 2 aromatic carbocycles. The predicted molar refractivity (Wildman–Crippen MR) is 111 cm³/mol. The van der Waals surface area contributed by atoms with Crippen LogP contribution in [-0.4, -0.2) is 56.6 Å². The maximum Gasteiger partial charge on any atom is 0.142 e. The lowest BCUT2D eigenvalue weighted by atomic mass is 10.2. The molecule has 0 saturated carbocycles. The highest BCUT2D eigenvalue weighted by atomic mass is 35.5. The van der Waals surface area contributed by atoms with Crippen molar-refractivity contribution in [3.63, 3.8) is 0 Å². The van der Waals surface area contributed by atoms with E-state index >= 15 is 0 Å². The van der Waals surface area contributed by atoms with Gasteiger partial charge in [0, 0.05) is 38.0 Å². The fraction of sp³-hybridized carbons (Fsp3) is 0.429. The van der Waals surface area contributed by atoms with Crippen molar-refractivity contribution in [2.45, 2.75) is 11.9 Å². The molecule has 4 nitrogen and oxygen atoms in total. The molecule has 28 heavy (non-hydrogen) atoms. The van der Waals surface area contributed by atoms with Crippen LogP contribution < -0.4 is 34.5 Å². The number of para-hydroxylation sites is 2. The van der Waals surface area contributed by atoms with E-state index in [4.69, 9.17) is 22.1 Å². The van der Waals surface area contributed by atoms with Crippen LogP contribution in [0, 0.1) is 0 Å². The van der Waals surface area contributed by atoms with Crippen molar-refractivity contribution in [2.24, 2.45) is 0 Å². The Morgan fingerprint density at radius 3 is 2.25 bits per heavy atom. The molecule has 1 aliphatic heterocycles. The SMILES string of the molecule is COc1ccccc1N1CCN(CC(S)COCc2ccccc2)CC1.[Cl-].[Cl-]. The van der Waals surface area contributed by atoms with Gasteiger partial charge in [0.15, 0.2) is 0 Å². The molecule has 0 radical (unpaired) electrons. The molecular formula is C21H28Cl2N2O2S-2. The number of ether oxygens (including phenoxy) is 2. The number of hydrogen-bond acceptors (Lipinski definition) is 5. The highest BCUT2D eigenvalue weighted by Gasteiger charge is 2.20. The van der Waals surface area contributed by atoms with Crippen LogP contribution in [0.3, 0.4) is 0 Å². The lowest BCUT2D eigenvalue weighted by Crippen LogP contribution is -3.00. The van der Waals surface area contributed by atoms with Crippen LogP contribution in [0.25, 0.3) is 0 Å². The number of hydrogen-bond donors (Lipinski definition) is 1. The van der Waals surface area contributed by atoms with Crippen LogP contribution in [0.5, 0.6) is 5.75 Å². The largest absolute Gasteiger partial charge is 1.00 e. The van der Waals surface area contributed by atoms with E-state index < -0.39 is 0 Å². The first-order valence-corrected chi connectivity index (χ1v) is 9.68. The number of benzene rings is 2. The summed E-state index contributed by atoms with van der Waals surface area (Å²) < 4.78 is 11.3. The summed E-state index contributed by atoms with van der Waals surface area (Å²) in [6, 6.07) is 18.5. The van der Waals surface area contributed by atoms with Gasteiger partial charge in [-0.25, -0.2) is 0 Å². The van der Waals surface area contributed by atoms with Gasteiger partial charge in [0.2, 0.25) is 0 Å². The number of piperazine rings is 1. The van der Waals surface area contributed by atoms with Gasteiger partial charge < -0.3 is 39.2 Å². The van der Waals surface area contributed by atoms with Gasteiger partial charge in [-0.3, -0.25) is 4.90 Å². The average molecular weight is 443 g/mol. The van der Waals surface area contributed by atoms with Gasteiger partial charge in [-0.1, -0.05) is 42.5 Å². The first kappa shape index (κ1) is 24.9. The first-order chi connectivity index (χ1) is 12.8. The van der Waals surface area contributed by atoms with Crippen molar-refractivity contribution in [1.82, 2.24) is 4.90 Å². The summed E-state index contributed by atoms with van der Waals surface area (Å²) >= 11 is 4.71. The summed E-state index contributed by atoms with van der Waals surface area (Å²) in [6.07, 6.45) is 0. The van der Waals surface area contributed by atoms with E-state index in [-0.39, 0.29) is 30.1 Å². The summed E-state index contributed by atoms with van der Waals surface area (Å²) in [6.45, 7) is 6.36.